The maximum absolute atomic E-state index is 13.2. The highest BCUT2D eigenvalue weighted by Crippen LogP contribution is 2.36. The zero-order valence-corrected chi connectivity index (χ0v) is 19.4. The molecule has 162 valence electrons. The van der Waals surface area contributed by atoms with Crippen molar-refractivity contribution in [1.82, 2.24) is 24.1 Å². The standard InChI is InChI=1S/C21H22BrN5O3S/c1-31(29,30)10-2-3-14-19-15(6-9-24-14)25-16(20(19)22)12-26-18-11-23-8-7-17(18)27(21(26)28)13-4-5-13/h6-9,11,13,25H,2-5,10,12H2,1H3. The molecule has 1 saturated carbocycles. The van der Waals surface area contributed by atoms with E-state index in [-0.39, 0.29) is 17.5 Å². The van der Waals surface area contributed by atoms with Crippen LogP contribution in [0.25, 0.3) is 21.9 Å². The van der Waals surface area contributed by atoms with Gasteiger partial charge in [0.05, 0.1) is 46.4 Å². The zero-order valence-electron chi connectivity index (χ0n) is 17.0. The molecule has 1 aliphatic carbocycles. The molecule has 0 unspecified atom stereocenters. The number of fused-ring (bicyclic) bond motifs is 2. The Morgan fingerprint density at radius 3 is 2.77 bits per heavy atom. The van der Waals surface area contributed by atoms with Crippen LogP contribution in [0, 0.1) is 0 Å². The average Bonchev–Trinajstić information content (AvgIpc) is 3.44. The summed E-state index contributed by atoms with van der Waals surface area (Å²) in [5.74, 6) is 0.128. The molecule has 0 aliphatic heterocycles. The maximum Gasteiger partial charge on any atom is 0.329 e. The Hall–Kier alpha value is -2.46. The first-order valence-corrected chi connectivity index (χ1v) is 13.1. The molecule has 4 aromatic heterocycles. The number of H-pyrrole nitrogens is 1. The topological polar surface area (TPSA) is 103 Å². The molecule has 0 amide bonds. The molecular weight excluding hydrogens is 482 g/mol. The molecule has 1 aliphatic rings. The van der Waals surface area contributed by atoms with Gasteiger partial charge in [0.15, 0.2) is 0 Å². The van der Waals surface area contributed by atoms with Crippen LogP contribution in [-0.2, 0) is 22.8 Å². The van der Waals surface area contributed by atoms with Gasteiger partial charge in [0.25, 0.3) is 0 Å². The van der Waals surface area contributed by atoms with Crippen LogP contribution in [0.3, 0.4) is 0 Å². The van der Waals surface area contributed by atoms with Crippen molar-refractivity contribution < 1.29 is 8.42 Å². The molecule has 0 atom stereocenters. The Balaban J connectivity index is 1.54. The third kappa shape index (κ3) is 3.82. The van der Waals surface area contributed by atoms with Crippen LogP contribution in [0.2, 0.25) is 0 Å². The number of hydrogen-bond acceptors (Lipinski definition) is 5. The van der Waals surface area contributed by atoms with E-state index in [2.05, 4.69) is 30.9 Å². The number of pyridine rings is 2. The highest BCUT2D eigenvalue weighted by molar-refractivity contribution is 9.10. The van der Waals surface area contributed by atoms with Crippen molar-refractivity contribution in [2.24, 2.45) is 0 Å². The second-order valence-electron chi connectivity index (χ2n) is 8.17. The van der Waals surface area contributed by atoms with Gasteiger partial charge < -0.3 is 4.98 Å². The fraction of sp³-hybridized carbons (Fsp3) is 0.381. The highest BCUT2D eigenvalue weighted by atomic mass is 79.9. The van der Waals surface area contributed by atoms with Crippen LogP contribution in [0.5, 0.6) is 0 Å². The lowest BCUT2D eigenvalue weighted by Crippen LogP contribution is -2.24. The monoisotopic (exact) mass is 503 g/mol. The van der Waals surface area contributed by atoms with Crippen LogP contribution >= 0.6 is 15.9 Å². The molecule has 5 rings (SSSR count). The SMILES string of the molecule is CS(=O)(=O)CCCc1nccc2[nH]c(Cn3c(=O)n(C4CC4)c4ccncc43)c(Br)c12. The smallest absolute Gasteiger partial charge is 0.329 e. The third-order valence-corrected chi connectivity index (χ3v) is 7.63. The lowest BCUT2D eigenvalue weighted by atomic mass is 10.1. The summed E-state index contributed by atoms with van der Waals surface area (Å²) in [6, 6.07) is 4.06. The number of nitrogens with one attached hydrogen (secondary N) is 1. The quantitative estimate of drug-likeness (QED) is 0.417. The van der Waals surface area contributed by atoms with E-state index in [1.54, 1.807) is 23.2 Å². The van der Waals surface area contributed by atoms with E-state index >= 15 is 0 Å². The number of hydrogen-bond donors (Lipinski definition) is 1. The number of nitrogens with zero attached hydrogens (tertiary/aromatic N) is 4. The molecule has 8 nitrogen and oxygen atoms in total. The Labute approximate surface area is 187 Å². The molecule has 0 spiro atoms. The largest absolute Gasteiger partial charge is 0.356 e. The van der Waals surface area contributed by atoms with Gasteiger partial charge in [-0.05, 0) is 53.7 Å². The molecular formula is C21H22BrN5O3S. The summed E-state index contributed by atoms with van der Waals surface area (Å²) in [7, 11) is -3.01. The maximum atomic E-state index is 13.2. The molecule has 31 heavy (non-hydrogen) atoms. The molecule has 0 saturated heterocycles. The summed E-state index contributed by atoms with van der Waals surface area (Å²) in [4.78, 5) is 25.3. The summed E-state index contributed by atoms with van der Waals surface area (Å²) in [5, 5.41) is 0.933. The van der Waals surface area contributed by atoms with Crippen molar-refractivity contribution in [1.29, 1.82) is 0 Å². The molecule has 0 bridgehead atoms. The van der Waals surface area contributed by atoms with Crippen LogP contribution < -0.4 is 5.69 Å². The third-order valence-electron chi connectivity index (χ3n) is 5.72. The summed E-state index contributed by atoms with van der Waals surface area (Å²) < 4.78 is 27.4. The van der Waals surface area contributed by atoms with E-state index in [0.717, 1.165) is 50.6 Å². The molecule has 10 heteroatoms. The average molecular weight is 504 g/mol. The Morgan fingerprint density at radius 2 is 2.03 bits per heavy atom. The van der Waals surface area contributed by atoms with Gasteiger partial charge in [0, 0.05) is 34.6 Å². The van der Waals surface area contributed by atoms with Crippen molar-refractivity contribution in [3.8, 4) is 0 Å². The highest BCUT2D eigenvalue weighted by Gasteiger charge is 2.29. The number of rotatable bonds is 7. The minimum atomic E-state index is -3.01. The van der Waals surface area contributed by atoms with Crippen LogP contribution in [-0.4, -0.2) is 44.5 Å². The molecule has 4 aromatic rings. The van der Waals surface area contributed by atoms with Crippen molar-refractivity contribution >= 4 is 47.7 Å². The molecule has 4 heterocycles. The van der Waals surface area contributed by atoms with E-state index in [9.17, 15) is 13.2 Å². The van der Waals surface area contributed by atoms with Gasteiger partial charge in [0.1, 0.15) is 9.84 Å². The molecule has 1 fully saturated rings. The number of aromatic amines is 1. The first kappa shape index (κ1) is 20.4. The molecule has 0 radical (unpaired) electrons. The van der Waals surface area contributed by atoms with Crippen LogP contribution in [0.15, 0.2) is 40.0 Å². The summed E-state index contributed by atoms with van der Waals surface area (Å²) in [6.45, 7) is 0.374. The first-order valence-electron chi connectivity index (χ1n) is 10.2. The van der Waals surface area contributed by atoms with E-state index < -0.39 is 9.84 Å². The lowest BCUT2D eigenvalue weighted by Gasteiger charge is -2.04. The summed E-state index contributed by atoms with van der Waals surface area (Å²) in [5.41, 5.74) is 4.32. The first-order chi connectivity index (χ1) is 14.8. The Kier molecular flexibility index (Phi) is 5.01. The van der Waals surface area contributed by atoms with Crippen LogP contribution in [0.1, 0.15) is 36.7 Å². The minimum Gasteiger partial charge on any atom is -0.356 e. The van der Waals surface area contributed by atoms with Gasteiger partial charge >= 0.3 is 5.69 Å². The predicted octanol–water partition coefficient (Wildman–Crippen LogP) is 3.20. The number of halogens is 1. The van der Waals surface area contributed by atoms with Gasteiger partial charge in [-0.1, -0.05) is 0 Å². The number of aryl methyl sites for hydroxylation is 1. The fourth-order valence-electron chi connectivity index (χ4n) is 4.15. The van der Waals surface area contributed by atoms with Gasteiger partial charge in [-0.2, -0.15) is 0 Å². The van der Waals surface area contributed by atoms with Crippen molar-refractivity contribution in [3.63, 3.8) is 0 Å². The number of sulfone groups is 1. The van der Waals surface area contributed by atoms with Gasteiger partial charge in [0.2, 0.25) is 0 Å². The number of imidazole rings is 1. The number of aromatic nitrogens is 5. The van der Waals surface area contributed by atoms with E-state index in [1.165, 1.54) is 6.26 Å². The Morgan fingerprint density at radius 1 is 1.23 bits per heavy atom. The normalized spacial score (nSPS) is 14.6. The van der Waals surface area contributed by atoms with E-state index in [1.807, 2.05) is 16.7 Å². The Bertz CT molecular complexity index is 1460. The van der Waals surface area contributed by atoms with Gasteiger partial charge in [-0.15, -0.1) is 0 Å². The second kappa shape index (κ2) is 7.59. The molecule has 0 aromatic carbocycles. The predicted molar refractivity (Wildman–Crippen MR) is 123 cm³/mol. The van der Waals surface area contributed by atoms with E-state index in [0.29, 0.717) is 19.4 Å². The van der Waals surface area contributed by atoms with E-state index in [4.69, 9.17) is 0 Å². The fourth-order valence-corrected chi connectivity index (χ4v) is 5.48. The van der Waals surface area contributed by atoms with Gasteiger partial charge in [-0.25, -0.2) is 13.2 Å². The van der Waals surface area contributed by atoms with Crippen molar-refractivity contribution in [3.05, 3.63) is 57.1 Å². The molecule has 1 N–H and O–H groups in total. The van der Waals surface area contributed by atoms with Crippen molar-refractivity contribution in [2.75, 3.05) is 12.0 Å². The summed E-state index contributed by atoms with van der Waals surface area (Å²) in [6.07, 6.45) is 9.56. The summed E-state index contributed by atoms with van der Waals surface area (Å²) >= 11 is 3.70. The lowest BCUT2D eigenvalue weighted by molar-refractivity contribution is 0.599. The second-order valence-corrected chi connectivity index (χ2v) is 11.2. The minimum absolute atomic E-state index is 0.0254. The van der Waals surface area contributed by atoms with Crippen LogP contribution in [0.4, 0.5) is 0 Å². The van der Waals surface area contributed by atoms with Crippen molar-refractivity contribution in [2.45, 2.75) is 38.3 Å². The van der Waals surface area contributed by atoms with Gasteiger partial charge in [-0.3, -0.25) is 19.1 Å². The zero-order chi connectivity index (χ0) is 21.8.